The number of aromatic carboxylic acids is 1. The lowest BCUT2D eigenvalue weighted by Gasteiger charge is -2.10. The van der Waals surface area contributed by atoms with Gasteiger partial charge in [0.15, 0.2) is 0 Å². The average molecular weight is 285 g/mol. The fourth-order valence-electron chi connectivity index (χ4n) is 2.03. The molecule has 110 valence electrons. The van der Waals surface area contributed by atoms with Gasteiger partial charge >= 0.3 is 5.97 Å². The molecule has 2 rings (SSSR count). The average Bonchev–Trinajstić information content (AvgIpc) is 2.46. The summed E-state index contributed by atoms with van der Waals surface area (Å²) in [6.07, 6.45) is 3.34. The first-order valence-electron chi connectivity index (χ1n) is 6.99. The van der Waals surface area contributed by atoms with E-state index in [4.69, 9.17) is 15.6 Å². The van der Waals surface area contributed by atoms with Crippen LogP contribution in [0.4, 0.5) is 5.69 Å². The smallest absolute Gasteiger partial charge is 0.339 e. The van der Waals surface area contributed by atoms with Crippen LogP contribution in [0.3, 0.4) is 0 Å². The maximum Gasteiger partial charge on any atom is 0.339 e. The van der Waals surface area contributed by atoms with Gasteiger partial charge in [0.2, 0.25) is 0 Å². The van der Waals surface area contributed by atoms with Crippen LogP contribution in [-0.4, -0.2) is 11.1 Å². The highest BCUT2D eigenvalue weighted by Crippen LogP contribution is 2.28. The summed E-state index contributed by atoms with van der Waals surface area (Å²) >= 11 is 0. The zero-order valence-corrected chi connectivity index (χ0v) is 12.0. The number of aryl methyl sites for hydroxylation is 1. The van der Waals surface area contributed by atoms with Crippen LogP contribution in [0, 0.1) is 0 Å². The van der Waals surface area contributed by atoms with Crippen molar-refractivity contribution in [3.8, 4) is 11.5 Å². The van der Waals surface area contributed by atoms with E-state index in [0.29, 0.717) is 11.4 Å². The Bertz CT molecular complexity index is 620. The molecule has 0 unspecified atom stereocenters. The molecule has 0 radical (unpaired) electrons. The summed E-state index contributed by atoms with van der Waals surface area (Å²) in [5, 5.41) is 9.15. The second kappa shape index (κ2) is 6.79. The van der Waals surface area contributed by atoms with E-state index in [1.54, 1.807) is 6.07 Å². The van der Waals surface area contributed by atoms with E-state index in [2.05, 4.69) is 6.92 Å². The predicted molar refractivity (Wildman–Crippen MR) is 82.9 cm³/mol. The Morgan fingerprint density at radius 3 is 2.52 bits per heavy atom. The van der Waals surface area contributed by atoms with Crippen molar-refractivity contribution in [2.24, 2.45) is 0 Å². The third-order valence-corrected chi connectivity index (χ3v) is 3.21. The van der Waals surface area contributed by atoms with Gasteiger partial charge in [-0.25, -0.2) is 4.79 Å². The molecule has 0 saturated carbocycles. The van der Waals surface area contributed by atoms with E-state index < -0.39 is 5.97 Å². The molecular formula is C17H19NO3. The van der Waals surface area contributed by atoms with Gasteiger partial charge in [-0.15, -0.1) is 0 Å². The molecule has 0 aliphatic heterocycles. The van der Waals surface area contributed by atoms with Gasteiger partial charge in [-0.2, -0.15) is 0 Å². The lowest BCUT2D eigenvalue weighted by Crippen LogP contribution is -2.01. The minimum atomic E-state index is -1.04. The Kier molecular flexibility index (Phi) is 4.82. The fraction of sp³-hybridized carbons (Fsp3) is 0.235. The van der Waals surface area contributed by atoms with Crippen LogP contribution in [0.15, 0.2) is 42.5 Å². The van der Waals surface area contributed by atoms with E-state index in [1.807, 2.05) is 24.3 Å². The van der Waals surface area contributed by atoms with Gasteiger partial charge in [0.1, 0.15) is 17.1 Å². The third-order valence-electron chi connectivity index (χ3n) is 3.21. The highest BCUT2D eigenvalue weighted by molar-refractivity contribution is 5.91. The minimum absolute atomic E-state index is 0.0965. The molecule has 4 nitrogen and oxygen atoms in total. The molecule has 0 aliphatic rings. The molecule has 0 heterocycles. The van der Waals surface area contributed by atoms with Crippen molar-refractivity contribution in [1.29, 1.82) is 0 Å². The van der Waals surface area contributed by atoms with Crippen LogP contribution >= 0.6 is 0 Å². The summed E-state index contributed by atoms with van der Waals surface area (Å²) in [7, 11) is 0. The molecule has 4 heteroatoms. The maximum atomic E-state index is 11.2. The van der Waals surface area contributed by atoms with E-state index in [0.717, 1.165) is 19.3 Å². The number of benzene rings is 2. The standard InChI is InChI=1S/C17H19NO3/c1-2-3-4-12-5-8-14(9-6-12)21-16-11-13(18)7-10-15(16)17(19)20/h5-11H,2-4,18H2,1H3,(H,19,20). The van der Waals surface area contributed by atoms with Crippen LogP contribution in [-0.2, 0) is 6.42 Å². The molecule has 0 saturated heterocycles. The van der Waals surface area contributed by atoms with Crippen LogP contribution in [0.25, 0.3) is 0 Å². The van der Waals surface area contributed by atoms with Gasteiger partial charge in [-0.05, 0) is 42.7 Å². The van der Waals surface area contributed by atoms with Crippen LogP contribution in [0.1, 0.15) is 35.7 Å². The Morgan fingerprint density at radius 2 is 1.90 bits per heavy atom. The number of carboxylic acids is 1. The molecular weight excluding hydrogens is 266 g/mol. The first-order chi connectivity index (χ1) is 10.1. The number of hydrogen-bond donors (Lipinski definition) is 2. The SMILES string of the molecule is CCCCc1ccc(Oc2cc(N)ccc2C(=O)O)cc1. The van der Waals surface area contributed by atoms with E-state index in [9.17, 15) is 4.79 Å². The number of nitrogens with two attached hydrogens (primary N) is 1. The van der Waals surface area contributed by atoms with Crippen LogP contribution < -0.4 is 10.5 Å². The lowest BCUT2D eigenvalue weighted by atomic mass is 10.1. The molecule has 0 amide bonds. The van der Waals surface area contributed by atoms with Crippen molar-refractivity contribution in [3.63, 3.8) is 0 Å². The molecule has 0 fully saturated rings. The van der Waals surface area contributed by atoms with Gasteiger partial charge in [0.25, 0.3) is 0 Å². The van der Waals surface area contributed by atoms with Crippen molar-refractivity contribution in [1.82, 2.24) is 0 Å². The molecule has 0 atom stereocenters. The van der Waals surface area contributed by atoms with Gasteiger partial charge in [-0.1, -0.05) is 25.5 Å². The first-order valence-corrected chi connectivity index (χ1v) is 6.99. The lowest BCUT2D eigenvalue weighted by molar-refractivity contribution is 0.0694. The number of carbonyl (C=O) groups is 1. The quantitative estimate of drug-likeness (QED) is 0.784. The first kappa shape index (κ1) is 14.9. The molecule has 0 aromatic heterocycles. The van der Waals surface area contributed by atoms with Crippen molar-refractivity contribution in [2.75, 3.05) is 5.73 Å². The Labute approximate surface area is 124 Å². The number of rotatable bonds is 6. The number of unbranched alkanes of at least 4 members (excludes halogenated alkanes) is 1. The topological polar surface area (TPSA) is 72.5 Å². The molecule has 2 aromatic rings. The van der Waals surface area contributed by atoms with Crippen molar-refractivity contribution >= 4 is 11.7 Å². The normalized spacial score (nSPS) is 10.3. The molecule has 2 aromatic carbocycles. The third kappa shape index (κ3) is 3.99. The molecule has 21 heavy (non-hydrogen) atoms. The van der Waals surface area contributed by atoms with E-state index in [-0.39, 0.29) is 11.3 Å². The number of ether oxygens (including phenoxy) is 1. The van der Waals surface area contributed by atoms with Crippen molar-refractivity contribution < 1.29 is 14.6 Å². The highest BCUT2D eigenvalue weighted by atomic mass is 16.5. The van der Waals surface area contributed by atoms with Gasteiger partial charge in [0, 0.05) is 11.8 Å². The van der Waals surface area contributed by atoms with Crippen LogP contribution in [0.2, 0.25) is 0 Å². The number of carboxylic acid groups (broad SMARTS) is 1. The van der Waals surface area contributed by atoms with E-state index in [1.165, 1.54) is 17.7 Å². The Hall–Kier alpha value is -2.49. The zero-order valence-electron chi connectivity index (χ0n) is 12.0. The summed E-state index contributed by atoms with van der Waals surface area (Å²) < 4.78 is 5.65. The summed E-state index contributed by atoms with van der Waals surface area (Å²) in [6.45, 7) is 2.16. The number of hydrogen-bond acceptors (Lipinski definition) is 3. The van der Waals surface area contributed by atoms with Crippen molar-refractivity contribution in [3.05, 3.63) is 53.6 Å². The minimum Gasteiger partial charge on any atom is -0.478 e. The van der Waals surface area contributed by atoms with Crippen LogP contribution in [0.5, 0.6) is 11.5 Å². The Balaban J connectivity index is 2.18. The van der Waals surface area contributed by atoms with Gasteiger partial charge in [0.05, 0.1) is 0 Å². The largest absolute Gasteiger partial charge is 0.478 e. The number of nitrogen functional groups attached to an aromatic ring is 1. The predicted octanol–water partition coefficient (Wildman–Crippen LogP) is 4.10. The molecule has 0 spiro atoms. The second-order valence-corrected chi connectivity index (χ2v) is 4.91. The maximum absolute atomic E-state index is 11.2. The summed E-state index contributed by atoms with van der Waals surface area (Å²) in [6, 6.07) is 12.2. The summed E-state index contributed by atoms with van der Waals surface area (Å²) in [4.78, 5) is 11.2. The van der Waals surface area contributed by atoms with Gasteiger partial charge in [-0.3, -0.25) is 0 Å². The van der Waals surface area contributed by atoms with E-state index >= 15 is 0 Å². The highest BCUT2D eigenvalue weighted by Gasteiger charge is 2.12. The summed E-state index contributed by atoms with van der Waals surface area (Å²) in [5.74, 6) is -0.184. The monoisotopic (exact) mass is 285 g/mol. The zero-order chi connectivity index (χ0) is 15.2. The second-order valence-electron chi connectivity index (χ2n) is 4.91. The Morgan fingerprint density at radius 1 is 1.19 bits per heavy atom. The summed E-state index contributed by atoms with van der Waals surface area (Å²) in [5.41, 5.74) is 7.50. The molecule has 0 aliphatic carbocycles. The van der Waals surface area contributed by atoms with Crippen molar-refractivity contribution in [2.45, 2.75) is 26.2 Å². The molecule has 3 N–H and O–H groups in total. The fourth-order valence-corrected chi connectivity index (χ4v) is 2.03. The molecule has 0 bridgehead atoms. The number of anilines is 1. The van der Waals surface area contributed by atoms with Gasteiger partial charge < -0.3 is 15.6 Å².